The number of amides is 1. The summed E-state index contributed by atoms with van der Waals surface area (Å²) in [7, 11) is 0. The molecule has 1 amide bonds. The van der Waals surface area contributed by atoms with Gasteiger partial charge in [-0.05, 0) is 50.2 Å². The number of rotatable bonds is 5. The maximum atomic E-state index is 13.2. The first kappa shape index (κ1) is 18.7. The van der Waals surface area contributed by atoms with Gasteiger partial charge >= 0.3 is 0 Å². The number of anilines is 1. The smallest absolute Gasteiger partial charge is 0.268 e. The van der Waals surface area contributed by atoms with Crippen molar-refractivity contribution in [2.45, 2.75) is 13.8 Å². The van der Waals surface area contributed by atoms with Crippen LogP contribution in [-0.4, -0.2) is 24.0 Å². The van der Waals surface area contributed by atoms with Crippen molar-refractivity contribution < 1.29 is 9.53 Å². The highest BCUT2D eigenvalue weighted by atomic mass is 35.5. The largest absolute Gasteiger partial charge is 0.494 e. The second kappa shape index (κ2) is 7.78. The lowest BCUT2D eigenvalue weighted by molar-refractivity contribution is 0.0992. The number of halogens is 1. The third-order valence-corrected chi connectivity index (χ3v) is 6.00. The van der Waals surface area contributed by atoms with Crippen molar-refractivity contribution in [2.75, 3.05) is 18.1 Å². The van der Waals surface area contributed by atoms with Crippen LogP contribution in [0.4, 0.5) is 5.69 Å². The summed E-state index contributed by atoms with van der Waals surface area (Å²) >= 11 is 7.85. The minimum atomic E-state index is -0.0481. The summed E-state index contributed by atoms with van der Waals surface area (Å²) in [6, 6.07) is 17.3. The van der Waals surface area contributed by atoms with Crippen molar-refractivity contribution in [3.8, 4) is 5.75 Å². The van der Waals surface area contributed by atoms with Gasteiger partial charge in [-0.25, -0.2) is 4.98 Å². The number of carbonyl (C=O) groups excluding carboxylic acids is 1. The highest BCUT2D eigenvalue weighted by molar-refractivity contribution is 7.22. The van der Waals surface area contributed by atoms with E-state index in [1.165, 1.54) is 11.3 Å². The summed E-state index contributed by atoms with van der Waals surface area (Å²) < 4.78 is 6.48. The van der Waals surface area contributed by atoms with Crippen LogP contribution >= 0.6 is 22.9 Å². The molecule has 2 aromatic heterocycles. The van der Waals surface area contributed by atoms with E-state index in [-0.39, 0.29) is 5.91 Å². The molecular weight excluding hydrogens is 392 g/mol. The summed E-state index contributed by atoms with van der Waals surface area (Å²) in [5.41, 5.74) is 1.67. The number of nitrogens with zero attached hydrogens (tertiary/aromatic N) is 2. The topological polar surface area (TPSA) is 42.4 Å². The predicted molar refractivity (Wildman–Crippen MR) is 117 cm³/mol. The molecule has 0 radical (unpaired) electrons. The maximum absolute atomic E-state index is 13.2. The zero-order valence-corrected chi connectivity index (χ0v) is 17.2. The molecule has 0 N–H and O–H groups in total. The van der Waals surface area contributed by atoms with E-state index in [1.807, 2.05) is 68.4 Å². The first-order chi connectivity index (χ1) is 13.6. The molecule has 142 valence electrons. The fourth-order valence-corrected chi connectivity index (χ4v) is 4.68. The van der Waals surface area contributed by atoms with Crippen molar-refractivity contribution >= 4 is 55.5 Å². The van der Waals surface area contributed by atoms with Gasteiger partial charge in [-0.1, -0.05) is 29.8 Å². The Morgan fingerprint density at radius 1 is 1.11 bits per heavy atom. The number of pyridine rings is 1. The average molecular weight is 411 g/mol. The van der Waals surface area contributed by atoms with Gasteiger partial charge in [0.2, 0.25) is 0 Å². The fourth-order valence-electron chi connectivity index (χ4n) is 3.24. The molecule has 2 heterocycles. The van der Waals surface area contributed by atoms with Crippen LogP contribution in [0.2, 0.25) is 5.15 Å². The summed E-state index contributed by atoms with van der Waals surface area (Å²) in [5.74, 6) is 0.744. The van der Waals surface area contributed by atoms with E-state index >= 15 is 0 Å². The van der Waals surface area contributed by atoms with Gasteiger partial charge in [-0.3, -0.25) is 4.79 Å². The quantitative estimate of drug-likeness (QED) is 0.369. The third kappa shape index (κ3) is 3.32. The van der Waals surface area contributed by atoms with Gasteiger partial charge in [0.05, 0.1) is 17.0 Å². The highest BCUT2D eigenvalue weighted by Crippen LogP contribution is 2.36. The Balaban J connectivity index is 1.74. The van der Waals surface area contributed by atoms with Crippen LogP contribution in [0.15, 0.2) is 54.6 Å². The van der Waals surface area contributed by atoms with Gasteiger partial charge in [0, 0.05) is 27.7 Å². The molecule has 4 aromatic rings. The summed E-state index contributed by atoms with van der Waals surface area (Å²) in [4.78, 5) is 20.1. The Bertz CT molecular complexity index is 1150. The van der Waals surface area contributed by atoms with E-state index in [1.54, 1.807) is 4.90 Å². The van der Waals surface area contributed by atoms with Crippen molar-refractivity contribution in [1.82, 2.24) is 4.98 Å². The van der Waals surface area contributed by atoms with E-state index in [0.29, 0.717) is 23.2 Å². The van der Waals surface area contributed by atoms with Gasteiger partial charge < -0.3 is 9.64 Å². The van der Waals surface area contributed by atoms with Gasteiger partial charge in [0.15, 0.2) is 0 Å². The number of fused-ring (bicyclic) bond motifs is 3. The fraction of sp³-hybridized carbons (Fsp3) is 0.182. The zero-order chi connectivity index (χ0) is 19.7. The summed E-state index contributed by atoms with van der Waals surface area (Å²) in [5, 5.41) is 2.25. The van der Waals surface area contributed by atoms with Gasteiger partial charge in [0.1, 0.15) is 10.9 Å². The number of hydrogen-bond acceptors (Lipinski definition) is 4. The molecule has 0 saturated carbocycles. The molecule has 28 heavy (non-hydrogen) atoms. The SMILES string of the molecule is CCOc1ccc(N(CC)C(=O)c2cc3c(Cl)nc4ccccc4c3s2)cc1. The highest BCUT2D eigenvalue weighted by Gasteiger charge is 2.21. The number of ether oxygens (including phenoxy) is 1. The number of aromatic nitrogens is 1. The Morgan fingerprint density at radius 3 is 2.57 bits per heavy atom. The first-order valence-corrected chi connectivity index (χ1v) is 10.3. The summed E-state index contributed by atoms with van der Waals surface area (Å²) in [6.45, 7) is 5.08. The van der Waals surface area contributed by atoms with E-state index < -0.39 is 0 Å². The summed E-state index contributed by atoms with van der Waals surface area (Å²) in [6.07, 6.45) is 0. The van der Waals surface area contributed by atoms with Crippen LogP contribution in [-0.2, 0) is 0 Å². The van der Waals surface area contributed by atoms with Crippen LogP contribution < -0.4 is 9.64 Å². The molecule has 6 heteroatoms. The molecule has 0 aliphatic rings. The van der Waals surface area contributed by atoms with E-state index in [9.17, 15) is 4.79 Å². The van der Waals surface area contributed by atoms with Crippen LogP contribution in [0.1, 0.15) is 23.5 Å². The molecule has 0 atom stereocenters. The molecule has 0 fully saturated rings. The second-order valence-corrected chi connectivity index (χ2v) is 7.66. The number of carbonyl (C=O) groups is 1. The Kier molecular flexibility index (Phi) is 5.20. The van der Waals surface area contributed by atoms with Crippen molar-refractivity contribution in [2.24, 2.45) is 0 Å². The lowest BCUT2D eigenvalue weighted by atomic mass is 10.2. The predicted octanol–water partition coefficient (Wildman–Crippen LogP) is 6.17. The molecule has 0 unspecified atom stereocenters. The molecule has 2 aromatic carbocycles. The third-order valence-electron chi connectivity index (χ3n) is 4.55. The Morgan fingerprint density at radius 2 is 1.86 bits per heavy atom. The standard InChI is InChI=1S/C22H19ClN2O2S/c1-3-25(14-9-11-15(12-10-14)27-4-2)22(26)19-13-17-20(28-19)16-7-5-6-8-18(16)24-21(17)23/h5-13H,3-4H2,1-2H3. The Hall–Kier alpha value is -2.63. The zero-order valence-electron chi connectivity index (χ0n) is 15.6. The van der Waals surface area contributed by atoms with E-state index in [4.69, 9.17) is 16.3 Å². The van der Waals surface area contributed by atoms with E-state index in [0.717, 1.165) is 32.4 Å². The molecule has 0 aliphatic heterocycles. The molecule has 4 nitrogen and oxygen atoms in total. The van der Waals surface area contributed by atoms with Crippen molar-refractivity contribution in [1.29, 1.82) is 0 Å². The Labute approximate surface area is 172 Å². The van der Waals surface area contributed by atoms with Gasteiger partial charge in [-0.2, -0.15) is 0 Å². The van der Waals surface area contributed by atoms with Gasteiger partial charge in [0.25, 0.3) is 5.91 Å². The minimum absolute atomic E-state index is 0.0481. The molecule has 0 saturated heterocycles. The first-order valence-electron chi connectivity index (χ1n) is 9.15. The van der Waals surface area contributed by atoms with Crippen molar-refractivity contribution in [3.05, 3.63) is 64.6 Å². The van der Waals surface area contributed by atoms with Crippen LogP contribution in [0, 0.1) is 0 Å². The molecule has 0 spiro atoms. The number of para-hydroxylation sites is 1. The number of hydrogen-bond donors (Lipinski definition) is 0. The molecule has 4 rings (SSSR count). The normalized spacial score (nSPS) is 11.1. The monoisotopic (exact) mass is 410 g/mol. The average Bonchev–Trinajstić information content (AvgIpc) is 3.16. The van der Waals surface area contributed by atoms with Crippen molar-refractivity contribution in [3.63, 3.8) is 0 Å². The van der Waals surface area contributed by atoms with Crippen LogP contribution in [0.25, 0.3) is 21.0 Å². The molecular formula is C22H19ClN2O2S. The lowest BCUT2D eigenvalue weighted by Gasteiger charge is -2.20. The minimum Gasteiger partial charge on any atom is -0.494 e. The number of thiophene rings is 1. The van der Waals surface area contributed by atoms with Gasteiger partial charge in [-0.15, -0.1) is 11.3 Å². The van der Waals surface area contributed by atoms with E-state index in [2.05, 4.69) is 4.98 Å². The molecule has 0 bridgehead atoms. The number of benzene rings is 2. The second-order valence-electron chi connectivity index (χ2n) is 6.25. The molecule has 0 aliphatic carbocycles. The van der Waals surface area contributed by atoms with Crippen LogP contribution in [0.5, 0.6) is 5.75 Å². The lowest BCUT2D eigenvalue weighted by Crippen LogP contribution is -2.29. The maximum Gasteiger partial charge on any atom is 0.268 e. The van der Waals surface area contributed by atoms with Crippen LogP contribution in [0.3, 0.4) is 0 Å².